The highest BCUT2D eigenvalue weighted by molar-refractivity contribution is 7.17. The minimum absolute atomic E-state index is 0.160. The second-order valence-corrected chi connectivity index (χ2v) is 5.46. The van der Waals surface area contributed by atoms with Gasteiger partial charge in [0, 0.05) is 13.1 Å². The molecule has 0 aliphatic carbocycles. The third-order valence-corrected chi connectivity index (χ3v) is 4.05. The summed E-state index contributed by atoms with van der Waals surface area (Å²) in [6, 6.07) is 2.11. The summed E-state index contributed by atoms with van der Waals surface area (Å²) in [4.78, 5) is 2.69. The van der Waals surface area contributed by atoms with Crippen molar-refractivity contribution in [3.05, 3.63) is 4.88 Å². The highest BCUT2D eigenvalue weighted by atomic mass is 32.1. The van der Waals surface area contributed by atoms with Gasteiger partial charge in [-0.1, -0.05) is 0 Å². The summed E-state index contributed by atoms with van der Waals surface area (Å²) in [7, 11) is 1.58. The van der Waals surface area contributed by atoms with Crippen LogP contribution in [0.4, 0.5) is 10.7 Å². The zero-order valence-corrected chi connectivity index (χ0v) is 11.6. The summed E-state index contributed by atoms with van der Waals surface area (Å²) in [5.74, 6) is 0.609. The molecule has 1 aromatic heterocycles. The second-order valence-electron chi connectivity index (χ2n) is 4.46. The SMILES string of the molecule is COc1c(N2CC(C)OC(C)C2)sc(C#N)c1N. The van der Waals surface area contributed by atoms with Crippen molar-refractivity contribution < 1.29 is 9.47 Å². The number of rotatable bonds is 2. The molecule has 0 spiro atoms. The summed E-state index contributed by atoms with van der Waals surface area (Å²) >= 11 is 1.38. The lowest BCUT2D eigenvalue weighted by atomic mass is 10.2. The van der Waals surface area contributed by atoms with Crippen molar-refractivity contribution in [3.63, 3.8) is 0 Å². The van der Waals surface area contributed by atoms with Gasteiger partial charge in [-0.2, -0.15) is 5.26 Å². The van der Waals surface area contributed by atoms with Gasteiger partial charge in [0.2, 0.25) is 0 Å². The average molecular weight is 267 g/mol. The maximum Gasteiger partial charge on any atom is 0.177 e. The molecule has 0 radical (unpaired) electrons. The molecule has 0 amide bonds. The molecule has 0 bridgehead atoms. The van der Waals surface area contributed by atoms with Crippen molar-refractivity contribution in [2.24, 2.45) is 0 Å². The van der Waals surface area contributed by atoms with E-state index in [9.17, 15) is 0 Å². The Morgan fingerprint density at radius 3 is 2.56 bits per heavy atom. The van der Waals surface area contributed by atoms with Crippen molar-refractivity contribution in [1.82, 2.24) is 0 Å². The van der Waals surface area contributed by atoms with Gasteiger partial charge in [-0.05, 0) is 13.8 Å². The molecular weight excluding hydrogens is 250 g/mol. The summed E-state index contributed by atoms with van der Waals surface area (Å²) in [5.41, 5.74) is 6.34. The number of hydrogen-bond acceptors (Lipinski definition) is 6. The van der Waals surface area contributed by atoms with Crippen molar-refractivity contribution >= 4 is 22.0 Å². The molecule has 2 N–H and O–H groups in total. The maximum atomic E-state index is 9.04. The Bertz CT molecular complexity index is 470. The van der Waals surface area contributed by atoms with Gasteiger partial charge in [-0.25, -0.2) is 0 Å². The fourth-order valence-corrected chi connectivity index (χ4v) is 3.25. The zero-order chi connectivity index (χ0) is 13.3. The first-order valence-electron chi connectivity index (χ1n) is 5.83. The van der Waals surface area contributed by atoms with Gasteiger partial charge in [0.05, 0.1) is 19.3 Å². The second kappa shape index (κ2) is 5.04. The van der Waals surface area contributed by atoms with E-state index in [1.54, 1.807) is 7.11 Å². The van der Waals surface area contributed by atoms with Gasteiger partial charge in [-0.3, -0.25) is 0 Å². The smallest absolute Gasteiger partial charge is 0.177 e. The first kappa shape index (κ1) is 13.0. The Balaban J connectivity index is 2.35. The van der Waals surface area contributed by atoms with Crippen LogP contribution in [-0.4, -0.2) is 32.4 Å². The molecule has 5 nitrogen and oxygen atoms in total. The van der Waals surface area contributed by atoms with Crippen molar-refractivity contribution in [1.29, 1.82) is 5.26 Å². The van der Waals surface area contributed by atoms with E-state index in [0.29, 0.717) is 16.3 Å². The summed E-state index contributed by atoms with van der Waals surface area (Å²) in [6.07, 6.45) is 0.319. The fourth-order valence-electron chi connectivity index (χ4n) is 2.25. The molecule has 6 heteroatoms. The minimum atomic E-state index is 0.160. The molecule has 2 unspecified atom stereocenters. The molecule has 1 aliphatic heterocycles. The van der Waals surface area contributed by atoms with Crippen LogP contribution in [0.3, 0.4) is 0 Å². The monoisotopic (exact) mass is 267 g/mol. The third-order valence-electron chi connectivity index (χ3n) is 2.89. The molecule has 2 heterocycles. The van der Waals surface area contributed by atoms with E-state index in [-0.39, 0.29) is 12.2 Å². The number of thiophene rings is 1. The molecular formula is C12H17N3O2S. The molecule has 1 saturated heterocycles. The topological polar surface area (TPSA) is 71.5 Å². The standard InChI is InChI=1S/C12H17N3O2S/c1-7-5-15(6-8(2)17-7)12-11(16-3)10(14)9(4-13)18-12/h7-8H,5-6,14H2,1-3H3. The normalized spacial score (nSPS) is 23.8. The van der Waals surface area contributed by atoms with E-state index in [2.05, 4.69) is 11.0 Å². The Morgan fingerprint density at radius 2 is 2.06 bits per heavy atom. The van der Waals surface area contributed by atoms with Crippen LogP contribution in [-0.2, 0) is 4.74 Å². The number of ether oxygens (including phenoxy) is 2. The summed E-state index contributed by atoms with van der Waals surface area (Å²) in [5, 5.41) is 9.96. The van der Waals surface area contributed by atoms with Crippen LogP contribution in [0.1, 0.15) is 18.7 Å². The van der Waals surface area contributed by atoms with Crippen LogP contribution < -0.4 is 15.4 Å². The number of methoxy groups -OCH3 is 1. The van der Waals surface area contributed by atoms with E-state index in [1.165, 1.54) is 11.3 Å². The first-order chi connectivity index (χ1) is 8.56. The predicted molar refractivity (Wildman–Crippen MR) is 72.2 cm³/mol. The van der Waals surface area contributed by atoms with Gasteiger partial charge in [0.1, 0.15) is 21.6 Å². The van der Waals surface area contributed by atoms with E-state index < -0.39 is 0 Å². The first-order valence-corrected chi connectivity index (χ1v) is 6.65. The lowest BCUT2D eigenvalue weighted by Crippen LogP contribution is -2.45. The number of hydrogen-bond donors (Lipinski definition) is 1. The lowest BCUT2D eigenvalue weighted by molar-refractivity contribution is -0.00510. The van der Waals surface area contributed by atoms with Crippen molar-refractivity contribution in [2.75, 3.05) is 30.8 Å². The maximum absolute atomic E-state index is 9.04. The molecule has 1 fully saturated rings. The van der Waals surface area contributed by atoms with E-state index in [4.69, 9.17) is 20.5 Å². The van der Waals surface area contributed by atoms with Gasteiger partial charge in [0.25, 0.3) is 0 Å². The molecule has 0 saturated carbocycles. The van der Waals surface area contributed by atoms with Gasteiger partial charge >= 0.3 is 0 Å². The molecule has 18 heavy (non-hydrogen) atoms. The van der Waals surface area contributed by atoms with Crippen LogP contribution in [0.2, 0.25) is 0 Å². The van der Waals surface area contributed by atoms with E-state index in [1.807, 2.05) is 13.8 Å². The van der Waals surface area contributed by atoms with Crippen LogP contribution in [0, 0.1) is 11.3 Å². The summed E-state index contributed by atoms with van der Waals surface area (Å²) < 4.78 is 11.0. The van der Waals surface area contributed by atoms with Crippen LogP contribution in [0.15, 0.2) is 0 Å². The highest BCUT2D eigenvalue weighted by Crippen LogP contribution is 2.45. The molecule has 0 aromatic carbocycles. The fraction of sp³-hybridized carbons (Fsp3) is 0.583. The quantitative estimate of drug-likeness (QED) is 0.885. The minimum Gasteiger partial charge on any atom is -0.492 e. The van der Waals surface area contributed by atoms with Gasteiger partial charge < -0.3 is 20.1 Å². The van der Waals surface area contributed by atoms with Crippen LogP contribution in [0.25, 0.3) is 0 Å². The number of nitrogen functional groups attached to an aromatic ring is 1. The van der Waals surface area contributed by atoms with Crippen LogP contribution in [0.5, 0.6) is 5.75 Å². The van der Waals surface area contributed by atoms with Gasteiger partial charge in [0.15, 0.2) is 5.75 Å². The Labute approximate surface area is 111 Å². The number of nitrogens with zero attached hydrogens (tertiary/aromatic N) is 2. The number of nitriles is 1. The molecule has 1 aliphatic rings. The third kappa shape index (κ3) is 2.24. The number of anilines is 2. The zero-order valence-electron chi connectivity index (χ0n) is 10.8. The largest absolute Gasteiger partial charge is 0.492 e. The summed E-state index contributed by atoms with van der Waals surface area (Å²) in [6.45, 7) is 5.64. The molecule has 2 rings (SSSR count). The van der Waals surface area contributed by atoms with E-state index in [0.717, 1.165) is 18.1 Å². The Morgan fingerprint density at radius 1 is 1.44 bits per heavy atom. The Hall–Kier alpha value is -1.45. The highest BCUT2D eigenvalue weighted by Gasteiger charge is 2.28. The van der Waals surface area contributed by atoms with Crippen LogP contribution >= 0.6 is 11.3 Å². The molecule has 2 atom stereocenters. The van der Waals surface area contributed by atoms with Gasteiger partial charge in [-0.15, -0.1) is 11.3 Å². The number of morpholine rings is 1. The molecule has 98 valence electrons. The van der Waals surface area contributed by atoms with Crippen molar-refractivity contribution in [2.45, 2.75) is 26.1 Å². The predicted octanol–water partition coefficient (Wildman–Crippen LogP) is 1.82. The molecule has 1 aromatic rings. The Kier molecular flexibility index (Phi) is 3.64. The number of nitrogens with two attached hydrogens (primary N) is 1. The average Bonchev–Trinajstić information content (AvgIpc) is 2.64. The van der Waals surface area contributed by atoms with Crippen molar-refractivity contribution in [3.8, 4) is 11.8 Å². The van der Waals surface area contributed by atoms with E-state index >= 15 is 0 Å². The lowest BCUT2D eigenvalue weighted by Gasteiger charge is -2.36.